The Balaban J connectivity index is 1.67. The summed E-state index contributed by atoms with van der Waals surface area (Å²) in [5, 5.41) is 26.6. The maximum atomic E-state index is 9.94. The number of nitrogens with zero attached hydrogens (tertiary/aromatic N) is 3. The maximum absolute atomic E-state index is 9.94. The molecule has 2 heterocycles. The highest BCUT2D eigenvalue weighted by Gasteiger charge is 2.35. The number of aliphatic hydroxyl groups is 1. The van der Waals surface area contributed by atoms with Gasteiger partial charge in [-0.1, -0.05) is 18.5 Å². The molecule has 1 aliphatic rings. The van der Waals surface area contributed by atoms with Crippen LogP contribution in [0.5, 0.6) is 5.75 Å². The Kier molecular flexibility index (Phi) is 6.65. The number of benzene rings is 2. The highest BCUT2D eigenvalue weighted by atomic mass is 35.5. The van der Waals surface area contributed by atoms with E-state index >= 15 is 0 Å². The van der Waals surface area contributed by atoms with E-state index in [1.54, 1.807) is 43.6 Å². The summed E-state index contributed by atoms with van der Waals surface area (Å²) in [4.78, 5) is 8.97. The van der Waals surface area contributed by atoms with Crippen molar-refractivity contribution in [3.63, 3.8) is 0 Å². The molecule has 0 radical (unpaired) electrons. The fraction of sp³-hybridized carbons (Fsp3) is 0.292. The number of hydrogen-bond donors (Lipinski definition) is 3. The summed E-state index contributed by atoms with van der Waals surface area (Å²) in [6.07, 6.45) is 1.64. The molecule has 0 bridgehead atoms. The fourth-order valence-electron chi connectivity index (χ4n) is 3.73. The number of fused-ring (bicyclic) bond motifs is 1. The molecule has 0 saturated carbocycles. The lowest BCUT2D eigenvalue weighted by molar-refractivity contribution is 0.146. The van der Waals surface area contributed by atoms with Gasteiger partial charge in [0.25, 0.3) is 0 Å². The van der Waals surface area contributed by atoms with Crippen LogP contribution in [0.4, 0.5) is 17.3 Å². The van der Waals surface area contributed by atoms with Gasteiger partial charge in [0.2, 0.25) is 5.95 Å². The highest BCUT2D eigenvalue weighted by molar-refractivity contribution is 6.31. The molecule has 0 saturated heterocycles. The van der Waals surface area contributed by atoms with Crippen LogP contribution in [0.15, 0.2) is 42.6 Å². The second kappa shape index (κ2) is 9.63. The van der Waals surface area contributed by atoms with E-state index < -0.39 is 5.41 Å². The average molecular weight is 466 g/mol. The zero-order valence-corrected chi connectivity index (χ0v) is 19.1. The van der Waals surface area contributed by atoms with E-state index in [0.717, 1.165) is 16.8 Å². The lowest BCUT2D eigenvalue weighted by atomic mass is 9.83. The number of nitrogens with one attached hydrogen (secondary N) is 2. The normalized spacial score (nSPS) is 16.6. The monoisotopic (exact) mass is 465 g/mol. The van der Waals surface area contributed by atoms with Crippen LogP contribution in [-0.2, 0) is 10.2 Å². The molecule has 1 aromatic heterocycles. The Morgan fingerprint density at radius 2 is 2.12 bits per heavy atom. The van der Waals surface area contributed by atoms with Crippen molar-refractivity contribution >= 4 is 28.9 Å². The molecule has 1 aliphatic heterocycles. The Hall–Kier alpha value is -3.38. The number of hydrogen-bond acceptors (Lipinski definition) is 8. The van der Waals surface area contributed by atoms with E-state index in [0.29, 0.717) is 53.4 Å². The van der Waals surface area contributed by atoms with Gasteiger partial charge in [0.1, 0.15) is 18.4 Å². The van der Waals surface area contributed by atoms with Gasteiger partial charge in [-0.05, 0) is 42.0 Å². The summed E-state index contributed by atoms with van der Waals surface area (Å²) in [6, 6.07) is 13.0. The van der Waals surface area contributed by atoms with Gasteiger partial charge >= 0.3 is 0 Å². The summed E-state index contributed by atoms with van der Waals surface area (Å²) in [6.45, 7) is 3.34. The SMILES string of the molecule is COCCOc1ccc(Cl)cc1Nc1nccc(-c2cc(C#N)c3c(c2)[C@@](C)(CO)CN3)n1. The molecule has 9 heteroatoms. The first-order valence-corrected chi connectivity index (χ1v) is 10.8. The summed E-state index contributed by atoms with van der Waals surface area (Å²) < 4.78 is 10.8. The first-order valence-electron chi connectivity index (χ1n) is 10.4. The molecule has 4 rings (SSSR count). The standard InChI is InChI=1S/C24H24ClN5O3/c1-24(14-31)13-28-22-16(12-26)9-15(10-18(22)24)19-5-6-27-23(29-19)30-20-11-17(25)3-4-21(20)33-8-7-32-2/h3-6,9-11,28,31H,7-8,13-14H2,1-2H3,(H,27,29,30)/t24-/m1/s1. The van der Waals surface area contributed by atoms with Gasteiger partial charge in [0.05, 0.1) is 35.8 Å². The third kappa shape index (κ3) is 4.71. The molecular formula is C24H24ClN5O3. The van der Waals surface area contributed by atoms with Crippen LogP contribution in [-0.4, -0.2) is 48.5 Å². The lowest BCUT2D eigenvalue weighted by Crippen LogP contribution is -2.28. The Labute approximate surface area is 197 Å². The van der Waals surface area contributed by atoms with Crippen LogP contribution in [0, 0.1) is 11.3 Å². The van der Waals surface area contributed by atoms with Gasteiger partial charge in [-0.2, -0.15) is 5.26 Å². The van der Waals surface area contributed by atoms with Crippen LogP contribution in [0.25, 0.3) is 11.3 Å². The first kappa shape index (κ1) is 22.8. The van der Waals surface area contributed by atoms with Crippen LogP contribution in [0.1, 0.15) is 18.1 Å². The Morgan fingerprint density at radius 3 is 2.88 bits per heavy atom. The van der Waals surface area contributed by atoms with E-state index in [4.69, 9.17) is 21.1 Å². The van der Waals surface area contributed by atoms with Gasteiger partial charge in [-0.3, -0.25) is 0 Å². The number of rotatable bonds is 8. The topological polar surface area (TPSA) is 112 Å². The van der Waals surface area contributed by atoms with Crippen LogP contribution >= 0.6 is 11.6 Å². The molecule has 0 fully saturated rings. The highest BCUT2D eigenvalue weighted by Crippen LogP contribution is 2.41. The number of nitriles is 1. The molecule has 8 nitrogen and oxygen atoms in total. The van der Waals surface area contributed by atoms with Crippen molar-refractivity contribution in [3.8, 4) is 23.1 Å². The molecule has 0 amide bonds. The summed E-state index contributed by atoms with van der Waals surface area (Å²) in [7, 11) is 1.61. The Bertz CT molecular complexity index is 1210. The molecule has 33 heavy (non-hydrogen) atoms. The zero-order valence-electron chi connectivity index (χ0n) is 18.4. The van der Waals surface area contributed by atoms with Crippen molar-refractivity contribution in [3.05, 3.63) is 58.7 Å². The summed E-state index contributed by atoms with van der Waals surface area (Å²) in [5.41, 5.74) is 3.73. The van der Waals surface area contributed by atoms with Crippen LogP contribution in [0.2, 0.25) is 5.02 Å². The number of aromatic nitrogens is 2. The molecule has 1 atom stereocenters. The number of anilines is 3. The maximum Gasteiger partial charge on any atom is 0.227 e. The van der Waals surface area contributed by atoms with Crippen molar-refractivity contribution in [2.24, 2.45) is 0 Å². The predicted molar refractivity (Wildman–Crippen MR) is 127 cm³/mol. The van der Waals surface area contributed by atoms with E-state index in [1.165, 1.54) is 0 Å². The number of ether oxygens (including phenoxy) is 2. The van der Waals surface area contributed by atoms with Crippen molar-refractivity contribution in [1.29, 1.82) is 5.26 Å². The van der Waals surface area contributed by atoms with Crippen molar-refractivity contribution in [1.82, 2.24) is 9.97 Å². The lowest BCUT2D eigenvalue weighted by Gasteiger charge is -2.21. The van der Waals surface area contributed by atoms with Gasteiger partial charge < -0.3 is 25.2 Å². The third-order valence-corrected chi connectivity index (χ3v) is 5.83. The minimum Gasteiger partial charge on any atom is -0.489 e. The van der Waals surface area contributed by atoms with E-state index in [1.807, 2.05) is 13.0 Å². The second-order valence-corrected chi connectivity index (χ2v) is 8.44. The molecule has 3 N–H and O–H groups in total. The molecular weight excluding hydrogens is 442 g/mol. The van der Waals surface area contributed by atoms with Crippen LogP contribution < -0.4 is 15.4 Å². The fourth-order valence-corrected chi connectivity index (χ4v) is 3.90. The average Bonchev–Trinajstić information content (AvgIpc) is 3.17. The minimum absolute atomic E-state index is 0.0293. The van der Waals surface area contributed by atoms with Gasteiger partial charge in [-0.15, -0.1) is 0 Å². The van der Waals surface area contributed by atoms with Gasteiger partial charge in [0, 0.05) is 35.9 Å². The zero-order chi connectivity index (χ0) is 23.4. The first-order chi connectivity index (χ1) is 16.0. The third-order valence-electron chi connectivity index (χ3n) is 5.60. The van der Waals surface area contributed by atoms with E-state index in [2.05, 4.69) is 26.7 Å². The molecule has 2 aromatic carbocycles. The molecule has 0 aliphatic carbocycles. The largest absolute Gasteiger partial charge is 0.489 e. The molecule has 0 unspecified atom stereocenters. The molecule has 170 valence electrons. The summed E-state index contributed by atoms with van der Waals surface area (Å²) >= 11 is 6.18. The number of halogens is 1. The van der Waals surface area contributed by atoms with Gasteiger partial charge in [0.15, 0.2) is 0 Å². The van der Waals surface area contributed by atoms with Crippen molar-refractivity contribution in [2.75, 3.05) is 44.1 Å². The molecule has 3 aromatic rings. The second-order valence-electron chi connectivity index (χ2n) is 8.00. The predicted octanol–water partition coefficient (Wildman–Crippen LogP) is 4.11. The Morgan fingerprint density at radius 1 is 1.27 bits per heavy atom. The van der Waals surface area contributed by atoms with Gasteiger partial charge in [-0.25, -0.2) is 9.97 Å². The van der Waals surface area contributed by atoms with E-state index in [9.17, 15) is 10.4 Å². The van der Waals surface area contributed by atoms with Crippen molar-refractivity contribution in [2.45, 2.75) is 12.3 Å². The summed E-state index contributed by atoms with van der Waals surface area (Å²) in [5.74, 6) is 0.952. The van der Waals surface area contributed by atoms with Crippen molar-refractivity contribution < 1.29 is 14.6 Å². The number of aliphatic hydroxyl groups excluding tert-OH is 1. The molecule has 0 spiro atoms. The number of methoxy groups -OCH3 is 1. The van der Waals surface area contributed by atoms with Crippen LogP contribution in [0.3, 0.4) is 0 Å². The quantitative estimate of drug-likeness (QED) is 0.426. The minimum atomic E-state index is -0.472. The van der Waals surface area contributed by atoms with E-state index in [-0.39, 0.29) is 6.61 Å². The smallest absolute Gasteiger partial charge is 0.227 e.